The topological polar surface area (TPSA) is 74.8 Å². The standard InChI is InChI=1S/C30H30N2O4/c1-4-6-22(7-5-2)30(23-10-14-25(15-11-23)32-28(35)18-19-29(32)36)20(3)21-8-12-24(13-9-21)31-26(33)16-17-27(31)34/h8-19,22H,4-7H2,1-3H3. The van der Waals surface area contributed by atoms with E-state index in [1.165, 1.54) is 34.8 Å². The lowest BCUT2D eigenvalue weighted by Gasteiger charge is -2.24. The third kappa shape index (κ3) is 4.85. The molecular formula is C30H30N2O4. The predicted octanol–water partition coefficient (Wildman–Crippen LogP) is 5.69. The summed E-state index contributed by atoms with van der Waals surface area (Å²) >= 11 is 0. The molecule has 0 fully saturated rings. The molecule has 184 valence electrons. The SMILES string of the molecule is CCCC(CCC)C(=C(C)c1ccc(N2C(=O)C=CC2=O)cc1)c1ccc(N2C(=O)C=CC2=O)cc1. The largest absolute Gasteiger partial charge is 0.269 e. The maximum Gasteiger partial charge on any atom is 0.258 e. The Kier molecular flexibility index (Phi) is 7.44. The van der Waals surface area contributed by atoms with Crippen molar-refractivity contribution in [1.29, 1.82) is 0 Å². The van der Waals surface area contributed by atoms with E-state index in [4.69, 9.17) is 0 Å². The average molecular weight is 483 g/mol. The molecule has 2 aliphatic rings. The monoisotopic (exact) mass is 482 g/mol. The Morgan fingerprint density at radius 3 is 1.33 bits per heavy atom. The number of amides is 4. The second-order valence-corrected chi connectivity index (χ2v) is 9.10. The number of rotatable bonds is 9. The second-order valence-electron chi connectivity index (χ2n) is 9.10. The van der Waals surface area contributed by atoms with Crippen molar-refractivity contribution in [3.63, 3.8) is 0 Å². The molecule has 0 spiro atoms. The van der Waals surface area contributed by atoms with Crippen molar-refractivity contribution in [1.82, 2.24) is 0 Å². The van der Waals surface area contributed by atoms with Gasteiger partial charge in [-0.15, -0.1) is 0 Å². The minimum absolute atomic E-state index is 0.334. The molecule has 0 bridgehead atoms. The summed E-state index contributed by atoms with van der Waals surface area (Å²) in [6.45, 7) is 6.47. The number of hydrogen-bond acceptors (Lipinski definition) is 4. The first kappa shape index (κ1) is 25.0. The Labute approximate surface area is 211 Å². The number of carbonyl (C=O) groups excluding carboxylic acids is 4. The summed E-state index contributed by atoms with van der Waals surface area (Å²) in [4.78, 5) is 50.6. The summed E-state index contributed by atoms with van der Waals surface area (Å²) in [7, 11) is 0. The van der Waals surface area contributed by atoms with Crippen LogP contribution in [0.3, 0.4) is 0 Å². The first-order chi connectivity index (χ1) is 17.3. The van der Waals surface area contributed by atoms with E-state index in [1.807, 2.05) is 36.4 Å². The van der Waals surface area contributed by atoms with Crippen LogP contribution >= 0.6 is 0 Å². The van der Waals surface area contributed by atoms with Crippen molar-refractivity contribution in [2.24, 2.45) is 5.92 Å². The Bertz CT molecular complexity index is 1240. The van der Waals surface area contributed by atoms with Crippen LogP contribution in [0.25, 0.3) is 11.1 Å². The molecule has 2 heterocycles. The second kappa shape index (κ2) is 10.7. The molecule has 2 aromatic rings. The first-order valence-electron chi connectivity index (χ1n) is 12.4. The zero-order valence-electron chi connectivity index (χ0n) is 20.9. The first-order valence-corrected chi connectivity index (χ1v) is 12.4. The van der Waals surface area contributed by atoms with Gasteiger partial charge in [0.2, 0.25) is 0 Å². The van der Waals surface area contributed by atoms with Gasteiger partial charge in [-0.3, -0.25) is 19.2 Å². The summed E-state index contributed by atoms with van der Waals surface area (Å²) in [5.41, 5.74) is 5.50. The normalized spacial score (nSPS) is 16.1. The Morgan fingerprint density at radius 2 is 0.972 bits per heavy atom. The van der Waals surface area contributed by atoms with Gasteiger partial charge < -0.3 is 0 Å². The van der Waals surface area contributed by atoms with Gasteiger partial charge in [0.05, 0.1) is 11.4 Å². The summed E-state index contributed by atoms with van der Waals surface area (Å²) in [6.07, 6.45) is 9.30. The summed E-state index contributed by atoms with van der Waals surface area (Å²) in [5, 5.41) is 0. The smallest absolute Gasteiger partial charge is 0.258 e. The summed E-state index contributed by atoms with van der Waals surface area (Å²) < 4.78 is 0. The van der Waals surface area contributed by atoms with Crippen molar-refractivity contribution in [2.45, 2.75) is 46.5 Å². The van der Waals surface area contributed by atoms with Gasteiger partial charge in [-0.05, 0) is 72.2 Å². The molecule has 0 saturated heterocycles. The molecule has 4 rings (SSSR count). The number of carbonyl (C=O) groups is 4. The van der Waals surface area contributed by atoms with E-state index >= 15 is 0 Å². The van der Waals surface area contributed by atoms with Crippen molar-refractivity contribution in [3.05, 3.63) is 84.0 Å². The van der Waals surface area contributed by atoms with Gasteiger partial charge >= 0.3 is 0 Å². The van der Waals surface area contributed by atoms with E-state index in [9.17, 15) is 19.2 Å². The fraction of sp³-hybridized carbons (Fsp3) is 0.267. The Balaban J connectivity index is 1.72. The molecule has 36 heavy (non-hydrogen) atoms. The van der Waals surface area contributed by atoms with Gasteiger partial charge in [0, 0.05) is 24.3 Å². The quantitative estimate of drug-likeness (QED) is 0.340. The van der Waals surface area contributed by atoms with E-state index in [2.05, 4.69) is 20.8 Å². The van der Waals surface area contributed by atoms with E-state index in [0.717, 1.165) is 47.3 Å². The molecule has 0 radical (unpaired) electrons. The predicted molar refractivity (Wildman–Crippen MR) is 142 cm³/mol. The van der Waals surface area contributed by atoms with Crippen LogP contribution in [0.1, 0.15) is 57.6 Å². The van der Waals surface area contributed by atoms with Crippen LogP contribution < -0.4 is 9.80 Å². The molecule has 2 aliphatic heterocycles. The third-order valence-corrected chi connectivity index (χ3v) is 6.70. The maximum absolute atomic E-state index is 12.1. The van der Waals surface area contributed by atoms with Crippen molar-refractivity contribution in [3.8, 4) is 0 Å². The lowest BCUT2D eigenvalue weighted by Crippen LogP contribution is -2.29. The van der Waals surface area contributed by atoms with E-state index in [-0.39, 0.29) is 23.6 Å². The van der Waals surface area contributed by atoms with Gasteiger partial charge in [-0.25, -0.2) is 9.80 Å². The number of imide groups is 2. The highest BCUT2D eigenvalue weighted by Gasteiger charge is 2.27. The van der Waals surface area contributed by atoms with Crippen LogP contribution in [0, 0.1) is 5.92 Å². The van der Waals surface area contributed by atoms with Crippen LogP contribution in [0.2, 0.25) is 0 Å². The molecule has 0 aromatic heterocycles. The van der Waals surface area contributed by atoms with Crippen LogP contribution in [-0.2, 0) is 19.2 Å². The van der Waals surface area contributed by atoms with Gasteiger partial charge in [0.25, 0.3) is 23.6 Å². The minimum Gasteiger partial charge on any atom is -0.269 e. The minimum atomic E-state index is -0.336. The summed E-state index contributed by atoms with van der Waals surface area (Å²) in [6, 6.07) is 15.1. The van der Waals surface area contributed by atoms with Gasteiger partial charge in [-0.2, -0.15) is 0 Å². The molecule has 0 unspecified atom stereocenters. The lowest BCUT2D eigenvalue weighted by molar-refractivity contribution is -0.121. The number of allylic oxidation sites excluding steroid dienone is 2. The van der Waals surface area contributed by atoms with Crippen LogP contribution in [0.5, 0.6) is 0 Å². The van der Waals surface area contributed by atoms with Gasteiger partial charge in [0.1, 0.15) is 0 Å². The van der Waals surface area contributed by atoms with E-state index in [0.29, 0.717) is 17.3 Å². The van der Waals surface area contributed by atoms with Gasteiger partial charge in [-0.1, -0.05) is 51.0 Å². The Morgan fingerprint density at radius 1 is 0.611 bits per heavy atom. The number of benzene rings is 2. The highest BCUT2D eigenvalue weighted by atomic mass is 16.2. The van der Waals surface area contributed by atoms with E-state index in [1.54, 1.807) is 12.1 Å². The molecule has 6 heteroatoms. The molecule has 0 aliphatic carbocycles. The molecular weight excluding hydrogens is 452 g/mol. The average Bonchev–Trinajstić information content (AvgIpc) is 3.39. The summed E-state index contributed by atoms with van der Waals surface area (Å²) in [5.74, 6) is -0.999. The van der Waals surface area contributed by atoms with Crippen LogP contribution in [0.15, 0.2) is 72.8 Å². The number of anilines is 2. The van der Waals surface area contributed by atoms with Crippen molar-refractivity contribution in [2.75, 3.05) is 9.80 Å². The zero-order chi connectivity index (χ0) is 25.8. The molecule has 0 saturated carbocycles. The maximum atomic E-state index is 12.1. The highest BCUT2D eigenvalue weighted by molar-refractivity contribution is 6.28. The Hall–Kier alpha value is -4.06. The van der Waals surface area contributed by atoms with E-state index < -0.39 is 0 Å². The highest BCUT2D eigenvalue weighted by Crippen LogP contribution is 2.38. The molecule has 0 N–H and O–H groups in total. The van der Waals surface area contributed by atoms with Crippen LogP contribution in [0.4, 0.5) is 11.4 Å². The fourth-order valence-corrected chi connectivity index (χ4v) is 5.00. The van der Waals surface area contributed by atoms with Crippen LogP contribution in [-0.4, -0.2) is 23.6 Å². The van der Waals surface area contributed by atoms with Crippen molar-refractivity contribution >= 4 is 46.1 Å². The van der Waals surface area contributed by atoms with Crippen molar-refractivity contribution < 1.29 is 19.2 Å². The molecule has 0 atom stereocenters. The molecule has 6 nitrogen and oxygen atoms in total. The molecule has 2 aromatic carbocycles. The lowest BCUT2D eigenvalue weighted by atomic mass is 9.81. The van der Waals surface area contributed by atoms with Gasteiger partial charge in [0.15, 0.2) is 0 Å². The zero-order valence-corrected chi connectivity index (χ0v) is 20.9. The number of nitrogens with zero attached hydrogens (tertiary/aromatic N) is 2. The fourth-order valence-electron chi connectivity index (χ4n) is 5.00. The molecule has 4 amide bonds. The third-order valence-electron chi connectivity index (χ3n) is 6.70. The number of hydrogen-bond donors (Lipinski definition) is 0.